The van der Waals surface area contributed by atoms with Gasteiger partial charge in [0, 0.05) is 17.8 Å². The summed E-state index contributed by atoms with van der Waals surface area (Å²) in [7, 11) is 0. The third kappa shape index (κ3) is 0.839. The second-order valence-electron chi connectivity index (χ2n) is 2.93. The number of nitrogens with one attached hydrogen (secondary N) is 1. The van der Waals surface area contributed by atoms with Crippen LogP contribution in [0.1, 0.15) is 0 Å². The van der Waals surface area contributed by atoms with Crippen molar-refractivity contribution >= 4 is 21.9 Å². The molecule has 0 spiro atoms. The van der Waals surface area contributed by atoms with E-state index in [1.807, 2.05) is 30.6 Å². The molecule has 0 amide bonds. The third-order valence-corrected chi connectivity index (χ3v) is 2.15. The number of nitrogens with zero attached hydrogens (tertiary/aromatic N) is 2. The lowest BCUT2D eigenvalue weighted by molar-refractivity contribution is 1.35. The van der Waals surface area contributed by atoms with Gasteiger partial charge in [-0.1, -0.05) is 0 Å². The summed E-state index contributed by atoms with van der Waals surface area (Å²) in [6.45, 7) is 0. The number of hydrogen-bond donors (Lipinski definition) is 1. The summed E-state index contributed by atoms with van der Waals surface area (Å²) in [6, 6.07) is 5.88. The molecular formula is C10H7N3. The molecule has 13 heavy (non-hydrogen) atoms. The third-order valence-electron chi connectivity index (χ3n) is 2.15. The minimum absolute atomic E-state index is 0.939. The average Bonchev–Trinajstić information content (AvgIpc) is 2.65. The molecule has 0 aliphatic heterocycles. The normalized spacial score (nSPS) is 11.1. The van der Waals surface area contributed by atoms with Gasteiger partial charge in [-0.2, -0.15) is 0 Å². The van der Waals surface area contributed by atoms with E-state index in [1.165, 1.54) is 0 Å². The topological polar surface area (TPSA) is 41.6 Å². The smallest absolute Gasteiger partial charge is 0.0980 e. The van der Waals surface area contributed by atoms with E-state index in [1.54, 1.807) is 6.20 Å². The Bertz CT molecular complexity index is 568. The van der Waals surface area contributed by atoms with E-state index >= 15 is 0 Å². The average molecular weight is 169 g/mol. The molecule has 0 aromatic carbocycles. The van der Waals surface area contributed by atoms with Gasteiger partial charge in [-0.15, -0.1) is 0 Å². The number of fused-ring (bicyclic) bond motifs is 3. The highest BCUT2D eigenvalue weighted by Gasteiger charge is 2.01. The van der Waals surface area contributed by atoms with Crippen LogP contribution in [-0.4, -0.2) is 15.0 Å². The van der Waals surface area contributed by atoms with Crippen molar-refractivity contribution in [2.24, 2.45) is 0 Å². The molecule has 0 saturated carbocycles. The van der Waals surface area contributed by atoms with E-state index < -0.39 is 0 Å². The van der Waals surface area contributed by atoms with Gasteiger partial charge in [0.15, 0.2) is 0 Å². The highest BCUT2D eigenvalue weighted by atomic mass is 14.8. The standard InChI is InChI=1S/C10H7N3/c1-2-8-10(12-4-1)7-3-5-11-9(7)6-13-8/h1-6,11H. The first-order chi connectivity index (χ1) is 6.45. The second-order valence-corrected chi connectivity index (χ2v) is 2.93. The highest BCUT2D eigenvalue weighted by molar-refractivity contribution is 6.01. The molecule has 0 saturated heterocycles. The Hall–Kier alpha value is -1.90. The SMILES string of the molecule is c1cnc2c(c1)ncc1[nH]ccc12. The molecule has 3 aromatic rings. The van der Waals surface area contributed by atoms with Crippen LogP contribution < -0.4 is 0 Å². The van der Waals surface area contributed by atoms with Crippen molar-refractivity contribution in [1.29, 1.82) is 0 Å². The van der Waals surface area contributed by atoms with Gasteiger partial charge in [-0.25, -0.2) is 0 Å². The Morgan fingerprint density at radius 1 is 1.15 bits per heavy atom. The van der Waals surface area contributed by atoms with E-state index in [4.69, 9.17) is 0 Å². The maximum atomic E-state index is 4.30. The Morgan fingerprint density at radius 3 is 3.15 bits per heavy atom. The number of H-pyrrole nitrogens is 1. The number of pyridine rings is 2. The molecule has 3 rings (SSSR count). The fraction of sp³-hybridized carbons (Fsp3) is 0. The van der Waals surface area contributed by atoms with Crippen molar-refractivity contribution < 1.29 is 0 Å². The summed E-state index contributed by atoms with van der Waals surface area (Å²) in [6.07, 6.45) is 5.52. The quantitative estimate of drug-likeness (QED) is 0.560. The van der Waals surface area contributed by atoms with E-state index in [-0.39, 0.29) is 0 Å². The van der Waals surface area contributed by atoms with Gasteiger partial charge >= 0.3 is 0 Å². The van der Waals surface area contributed by atoms with Crippen LogP contribution in [0.15, 0.2) is 36.8 Å². The zero-order chi connectivity index (χ0) is 8.67. The number of rotatable bonds is 0. The van der Waals surface area contributed by atoms with E-state index in [0.717, 1.165) is 21.9 Å². The van der Waals surface area contributed by atoms with E-state index in [9.17, 15) is 0 Å². The molecule has 0 atom stereocenters. The Morgan fingerprint density at radius 2 is 2.15 bits per heavy atom. The van der Waals surface area contributed by atoms with Gasteiger partial charge in [-0.3, -0.25) is 9.97 Å². The van der Waals surface area contributed by atoms with Crippen LogP contribution in [0, 0.1) is 0 Å². The summed E-state index contributed by atoms with van der Waals surface area (Å²) in [5.41, 5.74) is 2.93. The molecule has 0 unspecified atom stereocenters. The molecule has 3 aromatic heterocycles. The largest absolute Gasteiger partial charge is 0.360 e. The monoisotopic (exact) mass is 169 g/mol. The summed E-state index contributed by atoms with van der Waals surface area (Å²) >= 11 is 0. The van der Waals surface area contributed by atoms with Crippen LogP contribution in [0.5, 0.6) is 0 Å². The second kappa shape index (κ2) is 2.29. The van der Waals surface area contributed by atoms with Crippen molar-refractivity contribution in [2.45, 2.75) is 0 Å². The predicted octanol–water partition coefficient (Wildman–Crippen LogP) is 2.11. The van der Waals surface area contributed by atoms with Crippen molar-refractivity contribution in [3.05, 3.63) is 36.8 Å². The first-order valence-electron chi connectivity index (χ1n) is 4.12. The zero-order valence-electron chi connectivity index (χ0n) is 6.86. The predicted molar refractivity (Wildman–Crippen MR) is 51.4 cm³/mol. The van der Waals surface area contributed by atoms with Crippen LogP contribution >= 0.6 is 0 Å². The fourth-order valence-corrected chi connectivity index (χ4v) is 1.54. The van der Waals surface area contributed by atoms with Crippen molar-refractivity contribution in [3.8, 4) is 0 Å². The van der Waals surface area contributed by atoms with Gasteiger partial charge in [0.1, 0.15) is 0 Å². The van der Waals surface area contributed by atoms with Gasteiger partial charge < -0.3 is 4.98 Å². The van der Waals surface area contributed by atoms with Crippen molar-refractivity contribution in [1.82, 2.24) is 15.0 Å². The van der Waals surface area contributed by atoms with E-state index in [0.29, 0.717) is 0 Å². The number of aromatic nitrogens is 3. The molecule has 0 bridgehead atoms. The molecule has 3 heteroatoms. The molecule has 62 valence electrons. The maximum absolute atomic E-state index is 4.30. The fourth-order valence-electron chi connectivity index (χ4n) is 1.54. The number of hydrogen-bond acceptors (Lipinski definition) is 2. The van der Waals surface area contributed by atoms with Crippen LogP contribution in [-0.2, 0) is 0 Å². The first-order valence-corrected chi connectivity index (χ1v) is 4.12. The lowest BCUT2D eigenvalue weighted by Crippen LogP contribution is -1.82. The molecule has 0 fully saturated rings. The van der Waals surface area contributed by atoms with Gasteiger partial charge in [0.05, 0.1) is 22.7 Å². The molecule has 1 N–H and O–H groups in total. The van der Waals surface area contributed by atoms with Crippen LogP contribution in [0.2, 0.25) is 0 Å². The van der Waals surface area contributed by atoms with Gasteiger partial charge in [0.25, 0.3) is 0 Å². The maximum Gasteiger partial charge on any atom is 0.0980 e. The number of aromatic amines is 1. The van der Waals surface area contributed by atoms with Crippen molar-refractivity contribution in [2.75, 3.05) is 0 Å². The first kappa shape index (κ1) is 6.60. The molecule has 3 nitrogen and oxygen atoms in total. The summed E-state index contributed by atoms with van der Waals surface area (Å²) in [5, 5.41) is 1.13. The molecule has 0 aliphatic carbocycles. The Balaban J connectivity index is 2.65. The summed E-state index contributed by atoms with van der Waals surface area (Å²) in [4.78, 5) is 11.7. The van der Waals surface area contributed by atoms with Crippen molar-refractivity contribution in [3.63, 3.8) is 0 Å². The highest BCUT2D eigenvalue weighted by Crippen LogP contribution is 2.19. The Kier molecular flexibility index (Phi) is 1.16. The minimum atomic E-state index is 0.939. The summed E-state index contributed by atoms with van der Waals surface area (Å²) in [5.74, 6) is 0. The van der Waals surface area contributed by atoms with Crippen LogP contribution in [0.3, 0.4) is 0 Å². The molecule has 3 heterocycles. The van der Waals surface area contributed by atoms with E-state index in [2.05, 4.69) is 15.0 Å². The van der Waals surface area contributed by atoms with Crippen LogP contribution in [0.4, 0.5) is 0 Å². The summed E-state index contributed by atoms with van der Waals surface area (Å²) < 4.78 is 0. The lowest BCUT2D eigenvalue weighted by Gasteiger charge is -1.95. The zero-order valence-corrected chi connectivity index (χ0v) is 6.86. The minimum Gasteiger partial charge on any atom is -0.360 e. The Labute approximate surface area is 74.4 Å². The lowest BCUT2D eigenvalue weighted by atomic mass is 10.2. The molecule has 0 aliphatic rings. The van der Waals surface area contributed by atoms with Crippen LogP contribution in [0.25, 0.3) is 21.9 Å². The van der Waals surface area contributed by atoms with Gasteiger partial charge in [-0.05, 0) is 18.2 Å². The molecular weight excluding hydrogens is 162 g/mol. The van der Waals surface area contributed by atoms with Gasteiger partial charge in [0.2, 0.25) is 0 Å². The molecule has 0 radical (unpaired) electrons.